The maximum atomic E-state index is 12.5. The molecule has 0 unspecified atom stereocenters. The highest BCUT2D eigenvalue weighted by Crippen LogP contribution is 2.26. The van der Waals surface area contributed by atoms with Crippen LogP contribution in [0, 0.1) is 13.8 Å². The standard InChI is InChI=1S/C21H24N4O2S/c1-15-7-6-9-18(13-15)25-16(2)23-24-21(25)28-14-17-8-4-5-10-19(17)20(26)22-11-12-27-3/h4-10,13H,11-12,14H2,1-3H3,(H,22,26). The van der Waals surface area contributed by atoms with Crippen molar-refractivity contribution in [3.05, 3.63) is 71.0 Å². The number of amides is 1. The normalized spacial score (nSPS) is 10.8. The molecule has 0 fully saturated rings. The molecule has 0 saturated heterocycles. The Balaban J connectivity index is 1.78. The highest BCUT2D eigenvalue weighted by molar-refractivity contribution is 7.98. The van der Waals surface area contributed by atoms with Gasteiger partial charge in [0.05, 0.1) is 6.61 Å². The SMILES string of the molecule is COCCNC(=O)c1ccccc1CSc1nnc(C)n1-c1cccc(C)c1. The van der Waals surface area contributed by atoms with Gasteiger partial charge in [-0.1, -0.05) is 42.1 Å². The van der Waals surface area contributed by atoms with Gasteiger partial charge in [0.25, 0.3) is 5.91 Å². The number of carbonyl (C=O) groups is 1. The van der Waals surface area contributed by atoms with Gasteiger partial charge in [-0.2, -0.15) is 0 Å². The fraction of sp³-hybridized carbons (Fsp3) is 0.286. The molecule has 0 saturated carbocycles. The number of thioether (sulfide) groups is 1. The number of aryl methyl sites for hydroxylation is 2. The Kier molecular flexibility index (Phi) is 6.84. The Hall–Kier alpha value is -2.64. The monoisotopic (exact) mass is 396 g/mol. The van der Waals surface area contributed by atoms with E-state index in [-0.39, 0.29) is 5.91 Å². The summed E-state index contributed by atoms with van der Waals surface area (Å²) in [6.07, 6.45) is 0. The largest absolute Gasteiger partial charge is 0.383 e. The van der Waals surface area contributed by atoms with Gasteiger partial charge >= 0.3 is 0 Å². The molecule has 0 aliphatic carbocycles. The fourth-order valence-corrected chi connectivity index (χ4v) is 3.87. The predicted molar refractivity (Wildman–Crippen MR) is 111 cm³/mol. The van der Waals surface area contributed by atoms with Gasteiger partial charge in [0.1, 0.15) is 5.82 Å². The van der Waals surface area contributed by atoms with Crippen LogP contribution in [-0.4, -0.2) is 40.9 Å². The van der Waals surface area contributed by atoms with Crippen LogP contribution in [0.15, 0.2) is 53.7 Å². The van der Waals surface area contributed by atoms with Crippen LogP contribution in [0.25, 0.3) is 5.69 Å². The summed E-state index contributed by atoms with van der Waals surface area (Å²) >= 11 is 1.57. The maximum Gasteiger partial charge on any atom is 0.251 e. The number of ether oxygens (including phenoxy) is 1. The molecule has 7 heteroatoms. The van der Waals surface area contributed by atoms with E-state index >= 15 is 0 Å². The highest BCUT2D eigenvalue weighted by Gasteiger charge is 2.15. The van der Waals surface area contributed by atoms with Crippen LogP contribution in [0.1, 0.15) is 27.3 Å². The average Bonchev–Trinajstić information content (AvgIpc) is 3.07. The van der Waals surface area contributed by atoms with E-state index in [4.69, 9.17) is 4.74 Å². The second-order valence-electron chi connectivity index (χ2n) is 6.40. The molecule has 0 spiro atoms. The summed E-state index contributed by atoms with van der Waals surface area (Å²) in [5.74, 6) is 1.36. The van der Waals surface area contributed by atoms with Crippen molar-refractivity contribution in [3.8, 4) is 5.69 Å². The molecule has 1 amide bonds. The molecule has 0 aliphatic rings. The number of hydrogen-bond donors (Lipinski definition) is 1. The van der Waals surface area contributed by atoms with Gasteiger partial charge in [0.15, 0.2) is 5.16 Å². The van der Waals surface area contributed by atoms with Crippen molar-refractivity contribution in [1.82, 2.24) is 20.1 Å². The van der Waals surface area contributed by atoms with Gasteiger partial charge in [-0.15, -0.1) is 10.2 Å². The molecule has 0 aliphatic heterocycles. The van der Waals surface area contributed by atoms with Crippen LogP contribution >= 0.6 is 11.8 Å². The van der Waals surface area contributed by atoms with Gasteiger partial charge < -0.3 is 10.1 Å². The van der Waals surface area contributed by atoms with E-state index in [9.17, 15) is 4.79 Å². The maximum absolute atomic E-state index is 12.5. The Morgan fingerprint density at radius 3 is 2.75 bits per heavy atom. The third-order valence-electron chi connectivity index (χ3n) is 4.27. The van der Waals surface area contributed by atoms with Gasteiger partial charge in [-0.05, 0) is 43.2 Å². The summed E-state index contributed by atoms with van der Waals surface area (Å²) in [7, 11) is 1.61. The molecule has 1 N–H and O–H groups in total. The number of hydrogen-bond acceptors (Lipinski definition) is 5. The average molecular weight is 397 g/mol. The number of carbonyl (C=O) groups excluding carboxylic acids is 1. The van der Waals surface area contributed by atoms with E-state index in [0.717, 1.165) is 22.2 Å². The van der Waals surface area contributed by atoms with Gasteiger partial charge in [0, 0.05) is 30.7 Å². The number of methoxy groups -OCH3 is 1. The van der Waals surface area contributed by atoms with Crippen molar-refractivity contribution < 1.29 is 9.53 Å². The number of benzene rings is 2. The summed E-state index contributed by atoms with van der Waals surface area (Å²) in [5, 5.41) is 12.3. The number of nitrogens with one attached hydrogen (secondary N) is 1. The highest BCUT2D eigenvalue weighted by atomic mass is 32.2. The van der Waals surface area contributed by atoms with Crippen LogP contribution in [0.2, 0.25) is 0 Å². The van der Waals surface area contributed by atoms with Gasteiger partial charge in [0.2, 0.25) is 0 Å². The molecule has 146 valence electrons. The Bertz CT molecular complexity index is 955. The van der Waals surface area contributed by atoms with Crippen molar-refractivity contribution in [2.24, 2.45) is 0 Å². The molecule has 28 heavy (non-hydrogen) atoms. The zero-order valence-corrected chi connectivity index (χ0v) is 17.1. The van der Waals surface area contributed by atoms with E-state index in [2.05, 4.69) is 34.6 Å². The molecule has 0 atom stereocenters. The molecule has 3 aromatic rings. The minimum atomic E-state index is -0.0930. The Morgan fingerprint density at radius 2 is 1.96 bits per heavy atom. The quantitative estimate of drug-likeness (QED) is 0.466. The van der Waals surface area contributed by atoms with E-state index < -0.39 is 0 Å². The van der Waals surface area contributed by atoms with Gasteiger partial charge in [-0.3, -0.25) is 9.36 Å². The molecule has 3 rings (SSSR count). The summed E-state index contributed by atoms with van der Waals surface area (Å²) < 4.78 is 7.03. The van der Waals surface area contributed by atoms with Crippen molar-refractivity contribution >= 4 is 17.7 Å². The van der Waals surface area contributed by atoms with Crippen LogP contribution in [0.5, 0.6) is 0 Å². The zero-order chi connectivity index (χ0) is 19.9. The zero-order valence-electron chi connectivity index (χ0n) is 16.3. The molecule has 6 nitrogen and oxygen atoms in total. The Morgan fingerprint density at radius 1 is 1.14 bits per heavy atom. The third-order valence-corrected chi connectivity index (χ3v) is 5.24. The predicted octanol–water partition coefficient (Wildman–Crippen LogP) is 3.55. The lowest BCUT2D eigenvalue weighted by Crippen LogP contribution is -2.27. The van der Waals surface area contributed by atoms with Crippen LogP contribution in [0.4, 0.5) is 0 Å². The van der Waals surface area contributed by atoms with Crippen LogP contribution in [-0.2, 0) is 10.5 Å². The minimum absolute atomic E-state index is 0.0930. The van der Waals surface area contributed by atoms with Crippen molar-refractivity contribution in [3.63, 3.8) is 0 Å². The summed E-state index contributed by atoms with van der Waals surface area (Å²) in [6, 6.07) is 15.9. The van der Waals surface area contributed by atoms with Crippen molar-refractivity contribution in [1.29, 1.82) is 0 Å². The minimum Gasteiger partial charge on any atom is -0.383 e. The summed E-state index contributed by atoms with van der Waals surface area (Å²) in [5.41, 5.74) is 3.85. The molecule has 1 aromatic heterocycles. The number of nitrogens with zero attached hydrogens (tertiary/aromatic N) is 3. The lowest BCUT2D eigenvalue weighted by Gasteiger charge is -2.11. The van der Waals surface area contributed by atoms with E-state index in [1.54, 1.807) is 18.9 Å². The van der Waals surface area contributed by atoms with Crippen molar-refractivity contribution in [2.45, 2.75) is 24.8 Å². The molecule has 0 radical (unpaired) electrons. The lowest BCUT2D eigenvalue weighted by atomic mass is 10.1. The first-order valence-corrected chi connectivity index (χ1v) is 10.1. The molecule has 1 heterocycles. The second-order valence-corrected chi connectivity index (χ2v) is 7.34. The second kappa shape index (κ2) is 9.52. The van der Waals surface area contributed by atoms with E-state index in [1.807, 2.05) is 47.9 Å². The smallest absolute Gasteiger partial charge is 0.251 e. The van der Waals surface area contributed by atoms with Crippen LogP contribution < -0.4 is 5.32 Å². The molecule has 0 bridgehead atoms. The number of rotatable bonds is 8. The molecule has 2 aromatic carbocycles. The first-order chi connectivity index (χ1) is 13.6. The topological polar surface area (TPSA) is 69.0 Å². The van der Waals surface area contributed by atoms with Crippen molar-refractivity contribution in [2.75, 3.05) is 20.3 Å². The van der Waals surface area contributed by atoms with E-state index in [1.165, 1.54) is 5.56 Å². The van der Waals surface area contributed by atoms with Crippen LogP contribution in [0.3, 0.4) is 0 Å². The fourth-order valence-electron chi connectivity index (χ4n) is 2.87. The first-order valence-electron chi connectivity index (χ1n) is 9.07. The van der Waals surface area contributed by atoms with E-state index in [0.29, 0.717) is 24.5 Å². The third kappa shape index (κ3) is 4.79. The summed E-state index contributed by atoms with van der Waals surface area (Å²) in [6.45, 7) is 4.98. The summed E-state index contributed by atoms with van der Waals surface area (Å²) in [4.78, 5) is 12.5. The van der Waals surface area contributed by atoms with Gasteiger partial charge in [-0.25, -0.2) is 0 Å². The number of aromatic nitrogens is 3. The molecular weight excluding hydrogens is 372 g/mol. The molecular formula is C21H24N4O2S. The first kappa shape index (κ1) is 20.1. The Labute approximate surface area is 169 Å². The lowest BCUT2D eigenvalue weighted by molar-refractivity contribution is 0.0936.